The monoisotopic (exact) mass is 335 g/mol. The van der Waals surface area contributed by atoms with Crippen molar-refractivity contribution in [2.24, 2.45) is 0 Å². The molecule has 0 bridgehead atoms. The number of urea groups is 1. The zero-order chi connectivity index (χ0) is 17.8. The Kier molecular flexibility index (Phi) is 9.53. The van der Waals surface area contributed by atoms with Crippen LogP contribution in [-0.4, -0.2) is 50.7 Å². The fourth-order valence-electron chi connectivity index (χ4n) is 1.94. The Morgan fingerprint density at radius 2 is 1.75 bits per heavy atom. The van der Waals surface area contributed by atoms with Crippen LogP contribution in [0.1, 0.15) is 31.7 Å². The van der Waals surface area contributed by atoms with Gasteiger partial charge in [0.1, 0.15) is 0 Å². The highest BCUT2D eigenvalue weighted by atomic mass is 16.5. The van der Waals surface area contributed by atoms with Gasteiger partial charge >= 0.3 is 6.03 Å². The lowest BCUT2D eigenvalue weighted by molar-refractivity contribution is -0.127. The standard InChI is InChI=1S/C18H29N3O3/c1-4-5-12-24-13-6-11-19-18(23)20-16-9-7-15(8-10-16)14-17(22)21(2)3/h7-10H,4-6,11-14H2,1-3H3,(H2,19,20,23). The highest BCUT2D eigenvalue weighted by molar-refractivity contribution is 5.89. The van der Waals surface area contributed by atoms with Gasteiger partial charge in [0.05, 0.1) is 6.42 Å². The van der Waals surface area contributed by atoms with E-state index in [-0.39, 0.29) is 11.9 Å². The number of unbranched alkanes of at least 4 members (excludes halogenated alkanes) is 1. The number of anilines is 1. The Hall–Kier alpha value is -2.08. The molecule has 0 aliphatic rings. The topological polar surface area (TPSA) is 70.7 Å². The second-order valence-corrected chi connectivity index (χ2v) is 5.86. The molecule has 0 aliphatic heterocycles. The minimum atomic E-state index is -0.235. The van der Waals surface area contributed by atoms with Crippen LogP contribution in [0.3, 0.4) is 0 Å². The van der Waals surface area contributed by atoms with E-state index in [0.29, 0.717) is 25.3 Å². The second-order valence-electron chi connectivity index (χ2n) is 5.86. The molecule has 3 amide bonds. The van der Waals surface area contributed by atoms with Crippen LogP contribution in [-0.2, 0) is 16.0 Å². The number of hydrogen-bond donors (Lipinski definition) is 2. The van der Waals surface area contributed by atoms with Crippen LogP contribution in [0.2, 0.25) is 0 Å². The van der Waals surface area contributed by atoms with Gasteiger partial charge in [0.25, 0.3) is 0 Å². The van der Waals surface area contributed by atoms with Crippen molar-refractivity contribution < 1.29 is 14.3 Å². The zero-order valence-electron chi connectivity index (χ0n) is 14.9. The average molecular weight is 335 g/mol. The summed E-state index contributed by atoms with van der Waals surface area (Å²) in [6, 6.07) is 7.05. The highest BCUT2D eigenvalue weighted by Gasteiger charge is 2.06. The molecule has 1 aromatic carbocycles. The number of hydrogen-bond acceptors (Lipinski definition) is 3. The molecule has 2 N–H and O–H groups in total. The summed E-state index contributed by atoms with van der Waals surface area (Å²) in [5.74, 6) is 0.0506. The first-order chi connectivity index (χ1) is 11.5. The van der Waals surface area contributed by atoms with Crippen molar-refractivity contribution in [1.82, 2.24) is 10.2 Å². The van der Waals surface area contributed by atoms with Crippen molar-refractivity contribution in [3.05, 3.63) is 29.8 Å². The van der Waals surface area contributed by atoms with Crippen LogP contribution in [0.5, 0.6) is 0 Å². The minimum Gasteiger partial charge on any atom is -0.381 e. The van der Waals surface area contributed by atoms with Gasteiger partial charge in [-0.25, -0.2) is 4.79 Å². The maximum atomic E-state index is 11.8. The number of rotatable bonds is 10. The smallest absolute Gasteiger partial charge is 0.319 e. The first-order valence-electron chi connectivity index (χ1n) is 8.44. The van der Waals surface area contributed by atoms with Gasteiger partial charge < -0.3 is 20.3 Å². The molecule has 0 saturated carbocycles. The summed E-state index contributed by atoms with van der Waals surface area (Å²) in [5.41, 5.74) is 1.62. The zero-order valence-corrected chi connectivity index (χ0v) is 14.9. The van der Waals surface area contributed by atoms with Crippen LogP contribution in [0.4, 0.5) is 10.5 Å². The number of nitrogens with zero attached hydrogens (tertiary/aromatic N) is 1. The quantitative estimate of drug-likeness (QED) is 0.646. The van der Waals surface area contributed by atoms with E-state index < -0.39 is 0 Å². The molecule has 0 spiro atoms. The van der Waals surface area contributed by atoms with Gasteiger partial charge in [-0.1, -0.05) is 25.5 Å². The maximum Gasteiger partial charge on any atom is 0.319 e. The van der Waals surface area contributed by atoms with Crippen LogP contribution in [0, 0.1) is 0 Å². The third kappa shape index (κ3) is 8.53. The van der Waals surface area contributed by atoms with Crippen LogP contribution < -0.4 is 10.6 Å². The van der Waals surface area contributed by atoms with Crippen LogP contribution in [0.25, 0.3) is 0 Å². The van der Waals surface area contributed by atoms with Crippen LogP contribution >= 0.6 is 0 Å². The molecule has 0 heterocycles. The second kappa shape index (κ2) is 11.5. The Labute approximate surface area is 144 Å². The number of carbonyl (C=O) groups is 2. The van der Waals surface area contributed by atoms with Crippen molar-refractivity contribution in [1.29, 1.82) is 0 Å². The molecule has 0 fully saturated rings. The van der Waals surface area contributed by atoms with E-state index in [1.807, 2.05) is 12.1 Å². The molecule has 0 saturated heterocycles. The molecule has 0 unspecified atom stereocenters. The van der Waals surface area contributed by atoms with E-state index in [1.165, 1.54) is 0 Å². The third-order valence-electron chi connectivity index (χ3n) is 3.46. The molecule has 1 aromatic rings. The summed E-state index contributed by atoms with van der Waals surface area (Å²) >= 11 is 0. The Morgan fingerprint density at radius 1 is 1.08 bits per heavy atom. The molecule has 0 aromatic heterocycles. The fourth-order valence-corrected chi connectivity index (χ4v) is 1.94. The lowest BCUT2D eigenvalue weighted by Crippen LogP contribution is -2.30. The molecule has 0 atom stereocenters. The number of likely N-dealkylation sites (N-methyl/N-ethyl adjacent to an activating group) is 1. The van der Waals surface area contributed by atoms with Crippen LogP contribution in [0.15, 0.2) is 24.3 Å². The Morgan fingerprint density at radius 3 is 2.38 bits per heavy atom. The molecule has 1 rings (SSSR count). The summed E-state index contributed by atoms with van der Waals surface area (Å²) in [7, 11) is 3.47. The summed E-state index contributed by atoms with van der Waals surface area (Å²) < 4.78 is 5.43. The van der Waals surface area contributed by atoms with Gasteiger partial charge in [-0.3, -0.25) is 4.79 Å². The first-order valence-corrected chi connectivity index (χ1v) is 8.44. The molecular weight excluding hydrogens is 306 g/mol. The number of amides is 3. The van der Waals surface area contributed by atoms with Crippen molar-refractivity contribution in [3.8, 4) is 0 Å². The molecular formula is C18H29N3O3. The third-order valence-corrected chi connectivity index (χ3v) is 3.46. The fraction of sp³-hybridized carbons (Fsp3) is 0.556. The molecule has 24 heavy (non-hydrogen) atoms. The summed E-state index contributed by atoms with van der Waals surface area (Å²) in [5, 5.41) is 5.56. The summed E-state index contributed by atoms with van der Waals surface area (Å²) in [4.78, 5) is 25.0. The van der Waals surface area contributed by atoms with E-state index in [4.69, 9.17) is 4.74 Å². The molecule has 6 nitrogen and oxygen atoms in total. The average Bonchev–Trinajstić information content (AvgIpc) is 2.55. The number of ether oxygens (including phenoxy) is 1. The lowest BCUT2D eigenvalue weighted by atomic mass is 10.1. The lowest BCUT2D eigenvalue weighted by Gasteiger charge is -2.11. The first kappa shape index (κ1) is 20.0. The van der Waals surface area contributed by atoms with Gasteiger partial charge in [-0.2, -0.15) is 0 Å². The van der Waals surface area contributed by atoms with Crippen molar-refractivity contribution in [2.45, 2.75) is 32.6 Å². The van der Waals surface area contributed by atoms with E-state index in [1.54, 1.807) is 31.1 Å². The number of nitrogens with one attached hydrogen (secondary N) is 2. The summed E-state index contributed by atoms with van der Waals surface area (Å²) in [6.45, 7) is 4.15. The number of benzene rings is 1. The molecule has 0 aliphatic carbocycles. The normalized spacial score (nSPS) is 10.3. The molecule has 134 valence electrons. The Bertz CT molecular complexity index is 501. The van der Waals surface area contributed by atoms with Crippen molar-refractivity contribution in [2.75, 3.05) is 39.2 Å². The molecule has 6 heteroatoms. The molecule has 0 radical (unpaired) electrons. The number of carbonyl (C=O) groups excluding carboxylic acids is 2. The predicted molar refractivity (Wildman–Crippen MR) is 96.2 cm³/mol. The van der Waals surface area contributed by atoms with Gasteiger partial charge in [-0.15, -0.1) is 0 Å². The van der Waals surface area contributed by atoms with E-state index in [2.05, 4.69) is 17.6 Å². The Balaban J connectivity index is 2.23. The van der Waals surface area contributed by atoms with Gasteiger partial charge in [-0.05, 0) is 30.5 Å². The largest absolute Gasteiger partial charge is 0.381 e. The van der Waals surface area contributed by atoms with E-state index in [0.717, 1.165) is 31.4 Å². The maximum absolute atomic E-state index is 11.8. The predicted octanol–water partition coefficient (Wildman–Crippen LogP) is 2.65. The van der Waals surface area contributed by atoms with E-state index in [9.17, 15) is 9.59 Å². The van der Waals surface area contributed by atoms with Crippen molar-refractivity contribution >= 4 is 17.6 Å². The minimum absolute atomic E-state index is 0.0506. The van der Waals surface area contributed by atoms with Gasteiger partial charge in [0.2, 0.25) is 5.91 Å². The van der Waals surface area contributed by atoms with E-state index >= 15 is 0 Å². The highest BCUT2D eigenvalue weighted by Crippen LogP contribution is 2.10. The van der Waals surface area contributed by atoms with Gasteiger partial charge in [0, 0.05) is 39.5 Å². The van der Waals surface area contributed by atoms with Crippen molar-refractivity contribution in [3.63, 3.8) is 0 Å². The summed E-state index contributed by atoms with van der Waals surface area (Å²) in [6.07, 6.45) is 3.35. The van der Waals surface area contributed by atoms with Gasteiger partial charge in [0.15, 0.2) is 0 Å². The SMILES string of the molecule is CCCCOCCCNC(=O)Nc1ccc(CC(=O)N(C)C)cc1.